The lowest BCUT2D eigenvalue weighted by Crippen LogP contribution is -2.40. The molecular formula is C17H13F5N2O3. The van der Waals surface area contributed by atoms with Crippen LogP contribution < -0.4 is 20.0 Å². The number of hydrogen-bond donors (Lipinski definition) is 1. The van der Waals surface area contributed by atoms with E-state index in [1.54, 1.807) is 0 Å². The molecule has 2 aromatic rings. The highest BCUT2D eigenvalue weighted by molar-refractivity contribution is 5.48. The average Bonchev–Trinajstić information content (AvgIpc) is 2.67. The molecule has 1 unspecified atom stereocenters. The highest BCUT2D eigenvalue weighted by Gasteiger charge is 2.34. The van der Waals surface area contributed by atoms with Crippen LogP contribution in [-0.4, -0.2) is 24.5 Å². The molecule has 0 saturated carbocycles. The Bertz CT molecular complexity index is 1030. The first-order valence-corrected chi connectivity index (χ1v) is 7.53. The maximum absolute atomic E-state index is 14.2. The van der Waals surface area contributed by atoms with E-state index in [-0.39, 0.29) is 16.8 Å². The van der Waals surface area contributed by atoms with Crippen LogP contribution in [0.2, 0.25) is 0 Å². The van der Waals surface area contributed by atoms with E-state index in [9.17, 15) is 27.2 Å². The van der Waals surface area contributed by atoms with Crippen molar-refractivity contribution in [3.63, 3.8) is 0 Å². The number of methoxy groups -OCH3 is 2. The average molecular weight is 388 g/mol. The molecule has 0 amide bonds. The van der Waals surface area contributed by atoms with Gasteiger partial charge in [-0.25, -0.2) is 27.0 Å². The maximum atomic E-state index is 14.2. The zero-order valence-corrected chi connectivity index (χ0v) is 14.3. The molecule has 0 bridgehead atoms. The highest BCUT2D eigenvalue weighted by Crippen LogP contribution is 2.34. The molecule has 5 nitrogen and oxygen atoms in total. The molecule has 144 valence electrons. The Hall–Kier alpha value is -2.88. The van der Waals surface area contributed by atoms with Gasteiger partial charge in [0.15, 0.2) is 40.9 Å². The number of halogens is 5. The van der Waals surface area contributed by atoms with Crippen LogP contribution in [0, 0.1) is 29.1 Å². The summed E-state index contributed by atoms with van der Waals surface area (Å²) in [6, 6.07) is 2.83. The summed E-state index contributed by atoms with van der Waals surface area (Å²) in [5.41, 5.74) is -1.21. The minimum absolute atomic E-state index is 0.0647. The molecular weight excluding hydrogens is 375 g/mol. The topological polar surface area (TPSA) is 54.3 Å². The predicted molar refractivity (Wildman–Crippen MR) is 82.0 cm³/mol. The molecule has 2 aromatic carbocycles. The van der Waals surface area contributed by atoms with Crippen LogP contribution in [0.15, 0.2) is 17.1 Å². The third-order valence-corrected chi connectivity index (χ3v) is 4.23. The number of hydrogen-bond acceptors (Lipinski definition) is 5. The monoisotopic (exact) mass is 388 g/mol. The van der Waals surface area contributed by atoms with E-state index in [1.807, 2.05) is 0 Å². The number of ether oxygens (including phenoxy) is 2. The summed E-state index contributed by atoms with van der Waals surface area (Å²) >= 11 is 0. The molecule has 10 heteroatoms. The van der Waals surface area contributed by atoms with Gasteiger partial charge in [0, 0.05) is 11.3 Å². The molecule has 1 N–H and O–H groups in total. The smallest absolute Gasteiger partial charge is 0.200 e. The summed E-state index contributed by atoms with van der Waals surface area (Å²) in [7, 11) is 2.73. The van der Waals surface area contributed by atoms with Gasteiger partial charge in [-0.1, -0.05) is 0 Å². The lowest BCUT2D eigenvalue weighted by molar-refractivity contribution is -0.0730. The van der Waals surface area contributed by atoms with Gasteiger partial charge in [0.25, 0.3) is 0 Å². The van der Waals surface area contributed by atoms with E-state index >= 15 is 0 Å². The van der Waals surface area contributed by atoms with Gasteiger partial charge in [-0.2, -0.15) is 0 Å². The van der Waals surface area contributed by atoms with Crippen LogP contribution in [0.3, 0.4) is 0 Å². The molecule has 0 aromatic heterocycles. The molecule has 1 aliphatic rings. The van der Waals surface area contributed by atoms with Gasteiger partial charge < -0.3 is 9.47 Å². The first-order valence-electron chi connectivity index (χ1n) is 7.53. The van der Waals surface area contributed by atoms with Crippen LogP contribution in [0.25, 0.3) is 5.70 Å². The number of rotatable bonds is 3. The van der Waals surface area contributed by atoms with Crippen LogP contribution >= 0.6 is 0 Å². The van der Waals surface area contributed by atoms with Crippen molar-refractivity contribution in [3.05, 3.63) is 57.4 Å². The molecule has 0 radical (unpaired) electrons. The Balaban J connectivity index is 2.33. The zero-order valence-electron chi connectivity index (χ0n) is 14.3. The van der Waals surface area contributed by atoms with E-state index in [0.29, 0.717) is 16.0 Å². The second kappa shape index (κ2) is 6.69. The molecule has 1 heterocycles. The molecule has 0 spiro atoms. The molecule has 27 heavy (non-hydrogen) atoms. The van der Waals surface area contributed by atoms with Crippen molar-refractivity contribution < 1.29 is 36.6 Å². The van der Waals surface area contributed by atoms with E-state index < -0.39 is 40.8 Å². The van der Waals surface area contributed by atoms with Crippen LogP contribution in [0.4, 0.5) is 22.0 Å². The van der Waals surface area contributed by atoms with Crippen molar-refractivity contribution in [1.82, 2.24) is 5.06 Å². The van der Waals surface area contributed by atoms with Crippen LogP contribution in [-0.2, 0) is 0 Å². The Morgan fingerprint density at radius 2 is 1.37 bits per heavy atom. The number of benzene rings is 2. The van der Waals surface area contributed by atoms with Gasteiger partial charge in [0.1, 0.15) is 0 Å². The fourth-order valence-electron chi connectivity index (χ4n) is 2.79. The Labute approximate surface area is 149 Å². The SMILES string of the molecule is COc1cc2c(cc1OC)=C(C)N(O)C(c1c(F)c(F)c(F)c(F)c1F)N=2. The van der Waals surface area contributed by atoms with E-state index in [2.05, 4.69) is 4.99 Å². The number of hydroxylamine groups is 2. The summed E-state index contributed by atoms with van der Waals surface area (Å²) in [6.07, 6.45) is -1.89. The second-order valence-electron chi connectivity index (χ2n) is 5.64. The van der Waals surface area contributed by atoms with Crippen molar-refractivity contribution in [2.24, 2.45) is 4.99 Å². The van der Waals surface area contributed by atoms with Gasteiger partial charge in [-0.05, 0) is 13.0 Å². The van der Waals surface area contributed by atoms with E-state index in [4.69, 9.17) is 9.47 Å². The van der Waals surface area contributed by atoms with E-state index in [1.165, 1.54) is 33.3 Å². The van der Waals surface area contributed by atoms with Crippen molar-refractivity contribution in [2.45, 2.75) is 13.1 Å². The van der Waals surface area contributed by atoms with Gasteiger partial charge in [-0.3, -0.25) is 10.2 Å². The first-order chi connectivity index (χ1) is 12.7. The fourth-order valence-corrected chi connectivity index (χ4v) is 2.79. The van der Waals surface area contributed by atoms with Crippen molar-refractivity contribution in [1.29, 1.82) is 0 Å². The highest BCUT2D eigenvalue weighted by atomic mass is 19.2. The molecule has 3 rings (SSSR count). The first kappa shape index (κ1) is 18.9. The van der Waals surface area contributed by atoms with Gasteiger partial charge in [0.2, 0.25) is 5.82 Å². The number of nitrogens with zero attached hydrogens (tertiary/aromatic N) is 2. The zero-order chi connectivity index (χ0) is 20.0. The third kappa shape index (κ3) is 2.76. The van der Waals surface area contributed by atoms with Gasteiger partial charge >= 0.3 is 0 Å². The Kier molecular flexibility index (Phi) is 4.68. The quantitative estimate of drug-likeness (QED) is 0.499. The summed E-state index contributed by atoms with van der Waals surface area (Å²) in [4.78, 5) is 3.95. The minimum atomic E-state index is -2.29. The van der Waals surface area contributed by atoms with Crippen molar-refractivity contribution >= 4 is 5.70 Å². The van der Waals surface area contributed by atoms with Gasteiger partial charge in [0.05, 0.1) is 30.8 Å². The normalized spacial score (nSPS) is 16.1. The van der Waals surface area contributed by atoms with Crippen LogP contribution in [0.5, 0.6) is 11.5 Å². The maximum Gasteiger partial charge on any atom is 0.200 e. The summed E-state index contributed by atoms with van der Waals surface area (Å²) in [5.74, 6) is -10.1. The summed E-state index contributed by atoms with van der Waals surface area (Å²) < 4.78 is 79.0. The summed E-state index contributed by atoms with van der Waals surface area (Å²) in [5, 5.41) is 11.1. The molecule has 1 atom stereocenters. The lowest BCUT2D eigenvalue weighted by Gasteiger charge is -2.29. The second-order valence-corrected chi connectivity index (χ2v) is 5.64. The fraction of sp³-hybridized carbons (Fsp3) is 0.235. The molecule has 0 fully saturated rings. The van der Waals surface area contributed by atoms with Crippen molar-refractivity contribution in [2.75, 3.05) is 14.2 Å². The largest absolute Gasteiger partial charge is 0.493 e. The van der Waals surface area contributed by atoms with Crippen molar-refractivity contribution in [3.8, 4) is 11.5 Å². The Morgan fingerprint density at radius 3 is 1.89 bits per heavy atom. The standard InChI is InChI=1S/C17H13F5N2O3/c1-6-7-4-9(26-2)10(27-3)5-8(7)23-17(24(6)25)11-12(18)14(20)16(22)15(21)13(11)19/h4-5,17,25H,1-3H3. The summed E-state index contributed by atoms with van der Waals surface area (Å²) in [6.45, 7) is 1.39. The third-order valence-electron chi connectivity index (χ3n) is 4.23. The predicted octanol–water partition coefficient (Wildman–Crippen LogP) is 2.55. The Morgan fingerprint density at radius 1 is 0.889 bits per heavy atom. The number of fused-ring (bicyclic) bond motifs is 1. The molecule has 1 aliphatic heterocycles. The van der Waals surface area contributed by atoms with E-state index in [0.717, 1.165) is 0 Å². The lowest BCUT2D eigenvalue weighted by atomic mass is 10.1. The van der Waals surface area contributed by atoms with Crippen LogP contribution in [0.1, 0.15) is 18.7 Å². The van der Waals surface area contributed by atoms with Gasteiger partial charge in [-0.15, -0.1) is 0 Å². The molecule has 0 aliphatic carbocycles. The minimum Gasteiger partial charge on any atom is -0.493 e. The molecule has 0 saturated heterocycles.